The molecular formula is C24H30N4O. The minimum absolute atomic E-state index is 0.611. The number of pyridine rings is 2. The van der Waals surface area contributed by atoms with E-state index in [1.165, 1.54) is 29.5 Å². The average molecular weight is 391 g/mol. The van der Waals surface area contributed by atoms with E-state index < -0.39 is 0 Å². The van der Waals surface area contributed by atoms with E-state index in [9.17, 15) is 0 Å². The highest BCUT2D eigenvalue weighted by Gasteiger charge is 2.19. The van der Waals surface area contributed by atoms with Crippen LogP contribution in [0.2, 0.25) is 0 Å². The summed E-state index contributed by atoms with van der Waals surface area (Å²) in [7, 11) is 1.65. The third kappa shape index (κ3) is 5.11. The molecule has 1 N–H and O–H groups in total. The molecule has 1 saturated heterocycles. The molecule has 1 fully saturated rings. The Kier molecular flexibility index (Phi) is 6.37. The molecule has 5 nitrogen and oxygen atoms in total. The Morgan fingerprint density at radius 1 is 1.07 bits per heavy atom. The third-order valence-corrected chi connectivity index (χ3v) is 5.85. The summed E-state index contributed by atoms with van der Waals surface area (Å²) >= 11 is 0. The number of aromatic nitrogens is 2. The number of piperidine rings is 1. The molecule has 0 aliphatic carbocycles. The molecule has 0 bridgehead atoms. The molecule has 3 heterocycles. The zero-order valence-corrected chi connectivity index (χ0v) is 17.4. The Balaban J connectivity index is 1.27. The highest BCUT2D eigenvalue weighted by molar-refractivity contribution is 5.78. The van der Waals surface area contributed by atoms with Gasteiger partial charge in [0.1, 0.15) is 0 Å². The molecule has 0 radical (unpaired) electrons. The number of rotatable bonds is 7. The van der Waals surface area contributed by atoms with Crippen LogP contribution in [-0.4, -0.2) is 47.7 Å². The summed E-state index contributed by atoms with van der Waals surface area (Å²) in [4.78, 5) is 11.6. The first kappa shape index (κ1) is 19.8. The summed E-state index contributed by atoms with van der Waals surface area (Å²) in [5, 5.41) is 3.73. The van der Waals surface area contributed by atoms with Gasteiger partial charge in [-0.15, -0.1) is 0 Å². The van der Waals surface area contributed by atoms with Crippen molar-refractivity contribution in [1.82, 2.24) is 20.2 Å². The highest BCUT2D eigenvalue weighted by Crippen LogP contribution is 2.20. The number of hydrogen-bond acceptors (Lipinski definition) is 5. The van der Waals surface area contributed by atoms with Crippen molar-refractivity contribution in [3.63, 3.8) is 0 Å². The fraction of sp³-hybridized carbons (Fsp3) is 0.417. The van der Waals surface area contributed by atoms with Gasteiger partial charge in [-0.2, -0.15) is 0 Å². The van der Waals surface area contributed by atoms with Crippen molar-refractivity contribution in [1.29, 1.82) is 0 Å². The van der Waals surface area contributed by atoms with Crippen LogP contribution in [0.1, 0.15) is 29.5 Å². The van der Waals surface area contributed by atoms with Crippen molar-refractivity contribution in [2.24, 2.45) is 0 Å². The van der Waals surface area contributed by atoms with Gasteiger partial charge in [-0.3, -0.25) is 4.98 Å². The summed E-state index contributed by atoms with van der Waals surface area (Å²) in [6, 6.07) is 15.4. The van der Waals surface area contributed by atoms with Crippen LogP contribution in [0.3, 0.4) is 0 Å². The normalized spacial score (nSPS) is 15.7. The van der Waals surface area contributed by atoms with Gasteiger partial charge >= 0.3 is 0 Å². The third-order valence-electron chi connectivity index (χ3n) is 5.85. The predicted octanol–water partition coefficient (Wildman–Crippen LogP) is 3.74. The van der Waals surface area contributed by atoms with Crippen LogP contribution in [0.25, 0.3) is 11.0 Å². The largest absolute Gasteiger partial charge is 0.481 e. The van der Waals surface area contributed by atoms with Gasteiger partial charge in [-0.25, -0.2) is 4.98 Å². The number of hydrogen-bond donors (Lipinski definition) is 1. The quantitative estimate of drug-likeness (QED) is 0.666. The maximum Gasteiger partial charge on any atom is 0.213 e. The highest BCUT2D eigenvalue weighted by atomic mass is 16.5. The monoisotopic (exact) mass is 390 g/mol. The number of nitrogens with one attached hydrogen (secondary N) is 1. The molecule has 0 unspecified atom stereocenters. The number of methoxy groups -OCH3 is 1. The van der Waals surface area contributed by atoms with Crippen LogP contribution in [-0.2, 0) is 13.0 Å². The van der Waals surface area contributed by atoms with E-state index in [1.54, 1.807) is 7.11 Å². The smallest absolute Gasteiger partial charge is 0.213 e. The zero-order valence-electron chi connectivity index (χ0n) is 17.4. The summed E-state index contributed by atoms with van der Waals surface area (Å²) in [5.74, 6) is 0.646. The zero-order chi connectivity index (χ0) is 20.1. The van der Waals surface area contributed by atoms with Gasteiger partial charge < -0.3 is 15.0 Å². The van der Waals surface area contributed by atoms with Gasteiger partial charge in [0.15, 0.2) is 0 Å². The van der Waals surface area contributed by atoms with Crippen LogP contribution in [0.5, 0.6) is 5.88 Å². The molecule has 2 aromatic heterocycles. The van der Waals surface area contributed by atoms with Gasteiger partial charge in [0.05, 0.1) is 18.1 Å². The lowest BCUT2D eigenvalue weighted by Gasteiger charge is -2.32. The van der Waals surface area contributed by atoms with E-state index in [1.807, 2.05) is 18.3 Å². The Hall–Kier alpha value is -2.50. The Morgan fingerprint density at radius 2 is 1.86 bits per heavy atom. The molecular weight excluding hydrogens is 360 g/mol. The molecule has 5 heteroatoms. The first-order valence-corrected chi connectivity index (χ1v) is 10.5. The Bertz CT molecular complexity index is 933. The number of likely N-dealkylation sites (tertiary alicyclic amines) is 1. The number of aryl methyl sites for hydroxylation is 1. The van der Waals surface area contributed by atoms with Crippen LogP contribution >= 0.6 is 0 Å². The van der Waals surface area contributed by atoms with E-state index in [0.29, 0.717) is 11.9 Å². The average Bonchev–Trinajstić information content (AvgIpc) is 2.77. The first-order valence-electron chi connectivity index (χ1n) is 10.5. The fourth-order valence-corrected chi connectivity index (χ4v) is 3.98. The van der Waals surface area contributed by atoms with Crippen molar-refractivity contribution < 1.29 is 4.74 Å². The van der Waals surface area contributed by atoms with Crippen molar-refractivity contribution >= 4 is 11.0 Å². The van der Waals surface area contributed by atoms with Crippen LogP contribution in [0.15, 0.2) is 48.7 Å². The summed E-state index contributed by atoms with van der Waals surface area (Å²) in [6.45, 7) is 6.44. The standard InChI is InChI=1S/C24H30N4O/c1-18-3-5-19(6-4-18)17-26-21-11-15-28(16-12-21)14-10-20-9-13-25-22-7-8-23(29-2)27-24(20)22/h3-9,13,21,26H,10-12,14-17H2,1-2H3. The summed E-state index contributed by atoms with van der Waals surface area (Å²) in [5.41, 5.74) is 5.82. The predicted molar refractivity (Wildman–Crippen MR) is 117 cm³/mol. The molecule has 1 aliphatic rings. The lowest BCUT2D eigenvalue weighted by Crippen LogP contribution is -2.42. The van der Waals surface area contributed by atoms with E-state index >= 15 is 0 Å². The number of nitrogens with zero attached hydrogens (tertiary/aromatic N) is 3. The van der Waals surface area contributed by atoms with Gasteiger partial charge in [0.2, 0.25) is 5.88 Å². The van der Waals surface area contributed by atoms with Crippen LogP contribution in [0.4, 0.5) is 0 Å². The van der Waals surface area contributed by atoms with Gasteiger partial charge in [-0.1, -0.05) is 29.8 Å². The van der Waals surface area contributed by atoms with Crippen molar-refractivity contribution in [3.05, 3.63) is 65.4 Å². The molecule has 3 aromatic rings. The fourth-order valence-electron chi connectivity index (χ4n) is 3.98. The molecule has 152 valence electrons. The minimum Gasteiger partial charge on any atom is -0.481 e. The van der Waals surface area contributed by atoms with Crippen LogP contribution < -0.4 is 10.1 Å². The number of fused-ring (bicyclic) bond motifs is 1. The van der Waals surface area contributed by atoms with Crippen LogP contribution in [0, 0.1) is 6.92 Å². The SMILES string of the molecule is COc1ccc2nccc(CCN3CCC(NCc4ccc(C)cc4)CC3)c2n1. The Labute approximate surface area is 173 Å². The molecule has 0 saturated carbocycles. The minimum atomic E-state index is 0.611. The van der Waals surface area contributed by atoms with E-state index in [0.717, 1.165) is 43.6 Å². The lowest BCUT2D eigenvalue weighted by atomic mass is 10.0. The molecule has 0 spiro atoms. The second-order valence-electron chi connectivity index (χ2n) is 7.92. The van der Waals surface area contributed by atoms with Crippen molar-refractivity contribution in [2.45, 2.75) is 38.8 Å². The topological polar surface area (TPSA) is 50.3 Å². The van der Waals surface area contributed by atoms with Crippen molar-refractivity contribution in [3.8, 4) is 5.88 Å². The molecule has 0 amide bonds. The number of ether oxygens (including phenoxy) is 1. The van der Waals surface area contributed by atoms with Gasteiger partial charge in [0, 0.05) is 31.4 Å². The summed E-state index contributed by atoms with van der Waals surface area (Å²) < 4.78 is 5.29. The van der Waals surface area contributed by atoms with E-state index in [-0.39, 0.29) is 0 Å². The molecule has 1 aliphatic heterocycles. The first-order chi connectivity index (χ1) is 14.2. The van der Waals surface area contributed by atoms with Crippen molar-refractivity contribution in [2.75, 3.05) is 26.7 Å². The molecule has 1 aromatic carbocycles. The number of benzene rings is 1. The second-order valence-corrected chi connectivity index (χ2v) is 7.92. The van der Waals surface area contributed by atoms with E-state index in [4.69, 9.17) is 4.74 Å². The second kappa shape index (κ2) is 9.33. The lowest BCUT2D eigenvalue weighted by molar-refractivity contribution is 0.199. The molecule has 29 heavy (non-hydrogen) atoms. The molecule has 0 atom stereocenters. The Morgan fingerprint density at radius 3 is 2.62 bits per heavy atom. The summed E-state index contributed by atoms with van der Waals surface area (Å²) in [6.07, 6.45) is 5.28. The maximum atomic E-state index is 5.29. The van der Waals surface area contributed by atoms with Gasteiger partial charge in [0.25, 0.3) is 0 Å². The van der Waals surface area contributed by atoms with E-state index in [2.05, 4.69) is 57.4 Å². The van der Waals surface area contributed by atoms with Gasteiger partial charge in [-0.05, 0) is 62.5 Å². The maximum absolute atomic E-state index is 5.29. The molecule has 4 rings (SSSR count).